The molecular weight excluding hydrogens is 221 g/mol. The van der Waals surface area contributed by atoms with Crippen LogP contribution in [0.25, 0.3) is 0 Å². The third kappa shape index (κ3) is 2.05. The molecular formula is C6H13Cl2NO2S. The van der Waals surface area contributed by atoms with Crippen molar-refractivity contribution in [2.24, 2.45) is 5.41 Å². The summed E-state index contributed by atoms with van der Waals surface area (Å²) >= 11 is 0. The molecule has 0 aromatic carbocycles. The second kappa shape index (κ2) is 3.70. The molecule has 2 aliphatic heterocycles. The van der Waals surface area contributed by atoms with E-state index in [1.165, 1.54) is 0 Å². The van der Waals surface area contributed by atoms with Crippen molar-refractivity contribution >= 4 is 34.7 Å². The van der Waals surface area contributed by atoms with Crippen LogP contribution < -0.4 is 5.32 Å². The van der Waals surface area contributed by atoms with E-state index >= 15 is 0 Å². The molecule has 74 valence electrons. The summed E-state index contributed by atoms with van der Waals surface area (Å²) in [6, 6.07) is 0. The average molecular weight is 234 g/mol. The molecule has 2 heterocycles. The lowest BCUT2D eigenvalue weighted by Crippen LogP contribution is -2.49. The van der Waals surface area contributed by atoms with E-state index < -0.39 is 9.84 Å². The van der Waals surface area contributed by atoms with E-state index in [4.69, 9.17) is 0 Å². The first-order valence-electron chi connectivity index (χ1n) is 3.53. The van der Waals surface area contributed by atoms with Crippen molar-refractivity contribution in [3.05, 3.63) is 0 Å². The van der Waals surface area contributed by atoms with Gasteiger partial charge in [0.15, 0.2) is 9.84 Å². The molecule has 0 saturated carbocycles. The van der Waals surface area contributed by atoms with Crippen LogP contribution >= 0.6 is 24.8 Å². The lowest BCUT2D eigenvalue weighted by Gasteiger charge is -2.36. The van der Waals surface area contributed by atoms with Gasteiger partial charge in [-0.2, -0.15) is 0 Å². The highest BCUT2D eigenvalue weighted by molar-refractivity contribution is 7.92. The van der Waals surface area contributed by atoms with Gasteiger partial charge in [-0.25, -0.2) is 8.42 Å². The quantitative estimate of drug-likeness (QED) is 0.653. The first-order chi connectivity index (χ1) is 4.62. The van der Waals surface area contributed by atoms with Gasteiger partial charge in [-0.3, -0.25) is 0 Å². The minimum atomic E-state index is -2.61. The fourth-order valence-corrected chi connectivity index (χ4v) is 4.21. The van der Waals surface area contributed by atoms with Crippen molar-refractivity contribution in [2.75, 3.05) is 24.6 Å². The predicted octanol–water partition coefficient (Wildman–Crippen LogP) is 0.238. The molecule has 12 heavy (non-hydrogen) atoms. The molecule has 0 atom stereocenters. The lowest BCUT2D eigenvalue weighted by atomic mass is 9.91. The Morgan fingerprint density at radius 3 is 2.08 bits per heavy atom. The van der Waals surface area contributed by atoms with Crippen LogP contribution in [-0.4, -0.2) is 33.0 Å². The predicted molar refractivity (Wildman–Crippen MR) is 53.1 cm³/mol. The summed E-state index contributed by atoms with van der Waals surface area (Å²) in [6.45, 7) is 1.90. The largest absolute Gasteiger partial charge is 0.316 e. The zero-order valence-electron chi connectivity index (χ0n) is 6.58. The third-order valence-corrected chi connectivity index (χ3v) is 4.49. The molecule has 0 aromatic heterocycles. The molecule has 2 aliphatic rings. The highest BCUT2D eigenvalue weighted by atomic mass is 35.5. The van der Waals surface area contributed by atoms with Gasteiger partial charge in [-0.1, -0.05) is 0 Å². The molecule has 2 rings (SSSR count). The van der Waals surface area contributed by atoms with Crippen LogP contribution in [0.5, 0.6) is 0 Å². The Morgan fingerprint density at radius 1 is 1.17 bits per heavy atom. The molecule has 3 nitrogen and oxygen atoms in total. The van der Waals surface area contributed by atoms with Gasteiger partial charge in [-0.05, 0) is 13.0 Å². The van der Waals surface area contributed by atoms with Gasteiger partial charge in [0.1, 0.15) is 0 Å². The fourth-order valence-electron chi connectivity index (χ4n) is 1.93. The smallest absolute Gasteiger partial charge is 0.151 e. The first kappa shape index (κ1) is 12.5. The monoisotopic (exact) mass is 233 g/mol. The Balaban J connectivity index is 0.000000605. The normalized spacial score (nSPS) is 28.3. The molecule has 2 saturated heterocycles. The van der Waals surface area contributed by atoms with E-state index in [1.54, 1.807) is 0 Å². The first-order valence-corrected chi connectivity index (χ1v) is 5.35. The van der Waals surface area contributed by atoms with E-state index in [1.807, 2.05) is 0 Å². The molecule has 0 aromatic rings. The topological polar surface area (TPSA) is 46.2 Å². The summed E-state index contributed by atoms with van der Waals surface area (Å²) in [5.41, 5.74) is 0.152. The number of hydrogen-bond donors (Lipinski definition) is 1. The van der Waals surface area contributed by atoms with E-state index in [2.05, 4.69) is 5.32 Å². The zero-order valence-corrected chi connectivity index (χ0v) is 9.03. The van der Waals surface area contributed by atoms with Gasteiger partial charge in [0.25, 0.3) is 0 Å². The van der Waals surface area contributed by atoms with Crippen LogP contribution in [0.4, 0.5) is 0 Å². The van der Waals surface area contributed by atoms with E-state index in [0.29, 0.717) is 11.5 Å². The molecule has 2 fully saturated rings. The van der Waals surface area contributed by atoms with Crippen LogP contribution in [0.3, 0.4) is 0 Å². The van der Waals surface area contributed by atoms with E-state index in [-0.39, 0.29) is 30.2 Å². The van der Waals surface area contributed by atoms with Crippen LogP contribution in [-0.2, 0) is 9.84 Å². The van der Waals surface area contributed by atoms with Crippen LogP contribution in [0, 0.1) is 5.41 Å². The molecule has 0 unspecified atom stereocenters. The van der Waals surface area contributed by atoms with Crippen molar-refractivity contribution in [1.82, 2.24) is 5.32 Å². The Hall–Kier alpha value is 0.490. The summed E-state index contributed by atoms with van der Waals surface area (Å²) in [6.07, 6.45) is 1.05. The van der Waals surface area contributed by atoms with Gasteiger partial charge in [0.2, 0.25) is 0 Å². The van der Waals surface area contributed by atoms with Crippen LogP contribution in [0.2, 0.25) is 0 Å². The van der Waals surface area contributed by atoms with Crippen molar-refractivity contribution in [2.45, 2.75) is 6.42 Å². The second-order valence-corrected chi connectivity index (χ2v) is 5.52. The minimum absolute atomic E-state index is 0. The maximum atomic E-state index is 10.8. The van der Waals surface area contributed by atoms with E-state index in [0.717, 1.165) is 19.5 Å². The number of sulfone groups is 1. The Labute approximate surface area is 85.0 Å². The Morgan fingerprint density at radius 2 is 1.75 bits per heavy atom. The minimum Gasteiger partial charge on any atom is -0.316 e. The molecule has 6 heteroatoms. The Kier molecular flexibility index (Phi) is 3.85. The summed E-state index contributed by atoms with van der Waals surface area (Å²) in [5, 5.41) is 3.19. The highest BCUT2D eigenvalue weighted by Gasteiger charge is 2.49. The van der Waals surface area contributed by atoms with Gasteiger partial charge in [0, 0.05) is 12.0 Å². The van der Waals surface area contributed by atoms with Crippen LogP contribution in [0.1, 0.15) is 6.42 Å². The highest BCUT2D eigenvalue weighted by Crippen LogP contribution is 2.37. The molecule has 1 N–H and O–H groups in total. The fraction of sp³-hybridized carbons (Fsp3) is 1.00. The van der Waals surface area contributed by atoms with Gasteiger partial charge in [0.05, 0.1) is 11.5 Å². The molecule has 1 spiro atoms. The third-order valence-electron chi connectivity index (χ3n) is 2.38. The number of rotatable bonds is 0. The SMILES string of the molecule is Cl.Cl.O=S1(=O)CC2(CCNC2)C1. The summed E-state index contributed by atoms with van der Waals surface area (Å²) in [7, 11) is -2.61. The van der Waals surface area contributed by atoms with Crippen molar-refractivity contribution < 1.29 is 8.42 Å². The van der Waals surface area contributed by atoms with Crippen molar-refractivity contribution in [1.29, 1.82) is 0 Å². The number of nitrogens with one attached hydrogen (secondary N) is 1. The lowest BCUT2D eigenvalue weighted by molar-refractivity contribution is 0.370. The second-order valence-electron chi connectivity index (χ2n) is 3.46. The molecule has 0 bridgehead atoms. The van der Waals surface area contributed by atoms with Gasteiger partial charge in [-0.15, -0.1) is 24.8 Å². The van der Waals surface area contributed by atoms with E-state index in [9.17, 15) is 8.42 Å². The van der Waals surface area contributed by atoms with Crippen LogP contribution in [0.15, 0.2) is 0 Å². The number of halogens is 2. The molecule has 0 radical (unpaired) electrons. The summed E-state index contributed by atoms with van der Waals surface area (Å²) in [5.74, 6) is 0.847. The maximum absolute atomic E-state index is 10.8. The molecule has 0 aliphatic carbocycles. The average Bonchev–Trinajstić information content (AvgIpc) is 2.10. The standard InChI is InChI=1S/C6H11NO2S.2ClH/c8-10(9)4-6(5-10)1-2-7-3-6;;/h7H,1-5H2;2*1H. The van der Waals surface area contributed by atoms with Gasteiger partial charge < -0.3 is 5.32 Å². The summed E-state index contributed by atoms with van der Waals surface area (Å²) < 4.78 is 21.6. The van der Waals surface area contributed by atoms with Crippen molar-refractivity contribution in [3.63, 3.8) is 0 Å². The molecule has 0 amide bonds. The number of hydrogen-bond acceptors (Lipinski definition) is 3. The zero-order chi connectivity index (χ0) is 7.24. The van der Waals surface area contributed by atoms with Gasteiger partial charge >= 0.3 is 0 Å². The Bertz CT molecular complexity index is 232. The maximum Gasteiger partial charge on any atom is 0.151 e. The summed E-state index contributed by atoms with van der Waals surface area (Å²) in [4.78, 5) is 0. The van der Waals surface area contributed by atoms with Crippen molar-refractivity contribution in [3.8, 4) is 0 Å².